The maximum Gasteiger partial charge on any atom is 0.350 e. The van der Waals surface area contributed by atoms with Crippen molar-refractivity contribution in [3.05, 3.63) is 26.7 Å². The first-order valence-corrected chi connectivity index (χ1v) is 6.94. The van der Waals surface area contributed by atoms with Crippen LogP contribution in [0.5, 0.6) is 0 Å². The smallest absolute Gasteiger partial charge is 0.350 e. The van der Waals surface area contributed by atoms with E-state index in [4.69, 9.17) is 4.74 Å². The number of esters is 1. The van der Waals surface area contributed by atoms with Gasteiger partial charge < -0.3 is 10.1 Å². The minimum absolute atomic E-state index is 0.341. The van der Waals surface area contributed by atoms with Crippen LogP contribution in [0.1, 0.15) is 25.3 Å². The summed E-state index contributed by atoms with van der Waals surface area (Å²) in [5, 5.41) is 4.94. The lowest BCUT2D eigenvalue weighted by Gasteiger charge is -1.97. The molecule has 0 spiro atoms. The molecule has 96 valence electrons. The molecule has 2 aromatic heterocycles. The van der Waals surface area contributed by atoms with E-state index in [0.717, 1.165) is 15.0 Å². The van der Waals surface area contributed by atoms with Gasteiger partial charge in [0.1, 0.15) is 4.88 Å². The molecule has 18 heavy (non-hydrogen) atoms. The van der Waals surface area contributed by atoms with Crippen molar-refractivity contribution >= 4 is 33.8 Å². The fourth-order valence-electron chi connectivity index (χ4n) is 1.40. The Balaban J connectivity index is 2.04. The number of nitrogens with one attached hydrogen (secondary N) is 1. The van der Waals surface area contributed by atoms with Gasteiger partial charge in [-0.25, -0.2) is 14.8 Å². The molecule has 0 saturated carbocycles. The van der Waals surface area contributed by atoms with Crippen LogP contribution in [0, 0.1) is 13.8 Å². The van der Waals surface area contributed by atoms with Crippen molar-refractivity contribution < 1.29 is 9.53 Å². The van der Waals surface area contributed by atoms with Crippen LogP contribution in [0.15, 0.2) is 6.20 Å². The number of methoxy groups -OCH3 is 1. The van der Waals surface area contributed by atoms with Crippen LogP contribution in [-0.2, 0) is 11.3 Å². The molecule has 0 aliphatic heterocycles. The van der Waals surface area contributed by atoms with Gasteiger partial charge in [-0.05, 0) is 13.8 Å². The summed E-state index contributed by atoms with van der Waals surface area (Å²) in [6.07, 6.45) is 1.84. The van der Waals surface area contributed by atoms with E-state index in [9.17, 15) is 4.79 Å². The first-order chi connectivity index (χ1) is 8.60. The predicted octanol–water partition coefficient (Wildman–Crippen LogP) is 2.62. The average Bonchev–Trinajstić information content (AvgIpc) is 2.92. The molecule has 0 unspecified atom stereocenters. The largest absolute Gasteiger partial charge is 0.465 e. The molecule has 0 aliphatic carbocycles. The Hall–Kier alpha value is -1.47. The SMILES string of the molecule is COC(=O)c1sc(NCc2cnc(C)s2)nc1C. The van der Waals surface area contributed by atoms with Crippen LogP contribution < -0.4 is 5.32 Å². The Morgan fingerprint density at radius 2 is 2.22 bits per heavy atom. The second-order valence-corrected chi connectivity index (χ2v) is 5.94. The van der Waals surface area contributed by atoms with E-state index in [0.29, 0.717) is 17.1 Å². The summed E-state index contributed by atoms with van der Waals surface area (Å²) >= 11 is 2.95. The summed E-state index contributed by atoms with van der Waals surface area (Å²) in [6.45, 7) is 4.43. The van der Waals surface area contributed by atoms with E-state index in [1.54, 1.807) is 18.3 Å². The number of aromatic nitrogens is 2. The number of ether oxygens (including phenoxy) is 1. The van der Waals surface area contributed by atoms with Crippen molar-refractivity contribution in [3.8, 4) is 0 Å². The fourth-order valence-corrected chi connectivity index (χ4v) is 3.02. The monoisotopic (exact) mass is 283 g/mol. The Morgan fingerprint density at radius 3 is 2.83 bits per heavy atom. The third-order valence-electron chi connectivity index (χ3n) is 2.25. The highest BCUT2D eigenvalue weighted by atomic mass is 32.1. The van der Waals surface area contributed by atoms with Crippen molar-refractivity contribution in [2.24, 2.45) is 0 Å². The van der Waals surface area contributed by atoms with Gasteiger partial charge in [0.15, 0.2) is 5.13 Å². The number of hydrogen-bond donors (Lipinski definition) is 1. The highest BCUT2D eigenvalue weighted by Gasteiger charge is 2.15. The Kier molecular flexibility index (Phi) is 3.93. The lowest BCUT2D eigenvalue weighted by molar-refractivity contribution is 0.0605. The number of aryl methyl sites for hydroxylation is 2. The number of anilines is 1. The van der Waals surface area contributed by atoms with Crippen molar-refractivity contribution in [2.45, 2.75) is 20.4 Å². The Labute approximate surface area is 113 Å². The first kappa shape index (κ1) is 13.0. The molecule has 1 N–H and O–H groups in total. The molecule has 2 heterocycles. The number of nitrogens with zero attached hydrogens (tertiary/aromatic N) is 2. The second kappa shape index (κ2) is 5.45. The zero-order valence-electron chi connectivity index (χ0n) is 10.3. The van der Waals surface area contributed by atoms with Gasteiger partial charge in [0.05, 0.1) is 24.4 Å². The van der Waals surface area contributed by atoms with E-state index in [1.165, 1.54) is 18.4 Å². The molecular weight excluding hydrogens is 270 g/mol. The van der Waals surface area contributed by atoms with Gasteiger partial charge in [0.2, 0.25) is 0 Å². The molecule has 0 atom stereocenters. The minimum Gasteiger partial charge on any atom is -0.465 e. The minimum atomic E-state index is -0.341. The zero-order valence-corrected chi connectivity index (χ0v) is 11.9. The van der Waals surface area contributed by atoms with Gasteiger partial charge in [0.25, 0.3) is 0 Å². The van der Waals surface area contributed by atoms with Crippen molar-refractivity contribution in [3.63, 3.8) is 0 Å². The van der Waals surface area contributed by atoms with Crippen molar-refractivity contribution in [2.75, 3.05) is 12.4 Å². The van der Waals surface area contributed by atoms with E-state index >= 15 is 0 Å². The average molecular weight is 283 g/mol. The lowest BCUT2D eigenvalue weighted by atomic mass is 10.4. The maximum absolute atomic E-state index is 11.4. The van der Waals surface area contributed by atoms with E-state index in [-0.39, 0.29) is 5.97 Å². The van der Waals surface area contributed by atoms with Gasteiger partial charge >= 0.3 is 5.97 Å². The highest BCUT2D eigenvalue weighted by Crippen LogP contribution is 2.24. The number of carbonyl (C=O) groups excluding carboxylic acids is 1. The molecule has 0 amide bonds. The van der Waals surface area contributed by atoms with Gasteiger partial charge in [-0.3, -0.25) is 0 Å². The lowest BCUT2D eigenvalue weighted by Crippen LogP contribution is -1.99. The zero-order chi connectivity index (χ0) is 13.1. The summed E-state index contributed by atoms with van der Waals surface area (Å²) in [4.78, 5) is 21.6. The third-order valence-corrected chi connectivity index (χ3v) is 4.26. The van der Waals surface area contributed by atoms with Crippen LogP contribution in [-0.4, -0.2) is 23.0 Å². The summed E-state index contributed by atoms with van der Waals surface area (Å²) in [6, 6.07) is 0. The number of rotatable bonds is 4. The molecule has 0 saturated heterocycles. The van der Waals surface area contributed by atoms with Crippen LogP contribution in [0.4, 0.5) is 5.13 Å². The van der Waals surface area contributed by atoms with Crippen molar-refractivity contribution in [1.29, 1.82) is 0 Å². The Bertz CT molecular complexity index is 562. The summed E-state index contributed by atoms with van der Waals surface area (Å²) in [5.41, 5.74) is 0.690. The molecule has 2 aromatic rings. The van der Waals surface area contributed by atoms with Crippen molar-refractivity contribution in [1.82, 2.24) is 9.97 Å². The first-order valence-electron chi connectivity index (χ1n) is 5.31. The number of carbonyl (C=O) groups is 1. The Morgan fingerprint density at radius 1 is 1.44 bits per heavy atom. The van der Waals surface area contributed by atoms with E-state index in [1.807, 2.05) is 13.1 Å². The number of thiazole rings is 2. The third kappa shape index (κ3) is 2.85. The molecule has 0 aliphatic rings. The quantitative estimate of drug-likeness (QED) is 0.874. The molecule has 7 heteroatoms. The van der Waals surface area contributed by atoms with Gasteiger partial charge in [-0.15, -0.1) is 11.3 Å². The second-order valence-electron chi connectivity index (χ2n) is 3.62. The predicted molar refractivity (Wildman–Crippen MR) is 72.4 cm³/mol. The van der Waals surface area contributed by atoms with E-state index < -0.39 is 0 Å². The molecule has 5 nitrogen and oxygen atoms in total. The molecule has 0 fully saturated rings. The summed E-state index contributed by atoms with van der Waals surface area (Å²) < 4.78 is 4.69. The maximum atomic E-state index is 11.4. The normalized spacial score (nSPS) is 10.4. The standard InChI is InChI=1S/C11H13N3O2S2/c1-6-9(10(15)16-3)18-11(14-6)13-5-8-4-12-7(2)17-8/h4H,5H2,1-3H3,(H,13,14). The molecule has 0 aromatic carbocycles. The molecular formula is C11H13N3O2S2. The van der Waals surface area contributed by atoms with Crippen LogP contribution >= 0.6 is 22.7 Å². The van der Waals surface area contributed by atoms with Crippen LogP contribution in [0.2, 0.25) is 0 Å². The molecule has 2 rings (SSSR count). The van der Waals surface area contributed by atoms with Gasteiger partial charge in [-0.2, -0.15) is 0 Å². The van der Waals surface area contributed by atoms with Crippen LogP contribution in [0.25, 0.3) is 0 Å². The van der Waals surface area contributed by atoms with Gasteiger partial charge in [0, 0.05) is 11.1 Å². The molecule has 0 radical (unpaired) electrons. The summed E-state index contributed by atoms with van der Waals surface area (Å²) in [5.74, 6) is -0.341. The topological polar surface area (TPSA) is 64.1 Å². The fraction of sp³-hybridized carbons (Fsp3) is 0.364. The number of hydrogen-bond acceptors (Lipinski definition) is 7. The highest BCUT2D eigenvalue weighted by molar-refractivity contribution is 7.17. The summed E-state index contributed by atoms with van der Waals surface area (Å²) in [7, 11) is 1.37. The molecule has 0 bridgehead atoms. The van der Waals surface area contributed by atoms with Gasteiger partial charge in [-0.1, -0.05) is 11.3 Å². The van der Waals surface area contributed by atoms with E-state index in [2.05, 4.69) is 15.3 Å². The van der Waals surface area contributed by atoms with Crippen LogP contribution in [0.3, 0.4) is 0 Å².